The topological polar surface area (TPSA) is 32.3 Å². The second-order valence-electron chi connectivity index (χ2n) is 5.34. The normalized spacial score (nSPS) is 14.0. The van der Waals surface area contributed by atoms with Crippen LogP contribution in [0.25, 0.3) is 0 Å². The summed E-state index contributed by atoms with van der Waals surface area (Å²) in [5.74, 6) is 0.301. The fraction of sp³-hybridized carbons (Fsp3) is 0.294. The van der Waals surface area contributed by atoms with Gasteiger partial charge in [-0.2, -0.15) is 0 Å². The molecule has 0 aromatic heterocycles. The van der Waals surface area contributed by atoms with E-state index < -0.39 is 0 Å². The lowest BCUT2D eigenvalue weighted by molar-refractivity contribution is 0.438. The van der Waals surface area contributed by atoms with E-state index in [0.717, 1.165) is 16.7 Å². The maximum Gasteiger partial charge on any atom is 0.120 e. The summed E-state index contributed by atoms with van der Waals surface area (Å²) < 4.78 is 0. The smallest absolute Gasteiger partial charge is 0.120 e. The van der Waals surface area contributed by atoms with Crippen molar-refractivity contribution in [1.82, 2.24) is 5.32 Å². The van der Waals surface area contributed by atoms with Crippen LogP contribution in [0.5, 0.6) is 5.75 Å². The Bertz CT molecular complexity index is 643. The van der Waals surface area contributed by atoms with Crippen LogP contribution in [0, 0.1) is 6.92 Å². The molecule has 2 atom stereocenters. The number of phenolic OH excluding ortho intramolecular Hbond substituents is 1. The molecule has 0 saturated carbocycles. The Kier molecular flexibility index (Phi) is 5.15. The van der Waals surface area contributed by atoms with Gasteiger partial charge in [0.15, 0.2) is 0 Å². The van der Waals surface area contributed by atoms with Crippen molar-refractivity contribution < 1.29 is 5.11 Å². The van der Waals surface area contributed by atoms with Crippen LogP contribution in [0.1, 0.15) is 42.6 Å². The quantitative estimate of drug-likeness (QED) is 0.787. The average Bonchev–Trinajstić information content (AvgIpc) is 2.41. The van der Waals surface area contributed by atoms with Gasteiger partial charge in [0.1, 0.15) is 5.75 Å². The van der Waals surface area contributed by atoms with Crippen LogP contribution in [0.4, 0.5) is 0 Å². The molecule has 0 aliphatic rings. The number of hydrogen-bond acceptors (Lipinski definition) is 2. The lowest BCUT2D eigenvalue weighted by Crippen LogP contribution is -2.22. The number of halogens is 2. The zero-order valence-corrected chi connectivity index (χ0v) is 13.8. The van der Waals surface area contributed by atoms with E-state index in [1.54, 1.807) is 12.1 Å². The Balaban J connectivity index is 2.18. The van der Waals surface area contributed by atoms with Gasteiger partial charge in [-0.3, -0.25) is 0 Å². The summed E-state index contributed by atoms with van der Waals surface area (Å²) in [4.78, 5) is 0. The first-order valence-corrected chi connectivity index (χ1v) is 7.64. The molecular formula is C17H19Cl2NO. The number of benzene rings is 2. The molecule has 2 rings (SSSR count). The van der Waals surface area contributed by atoms with Crippen LogP contribution in [-0.2, 0) is 0 Å². The van der Waals surface area contributed by atoms with Crippen molar-refractivity contribution in [2.45, 2.75) is 32.9 Å². The standard InChI is InChI=1S/C17H19Cl2NO/c1-10-4-7-17(21)15(8-10)12(3)20-11(2)14-6-5-13(18)9-16(14)19/h4-9,11-12,20-21H,1-3H3. The largest absolute Gasteiger partial charge is 0.508 e. The van der Waals surface area contributed by atoms with Crippen LogP contribution in [0.15, 0.2) is 36.4 Å². The lowest BCUT2D eigenvalue weighted by Gasteiger charge is -2.22. The maximum atomic E-state index is 10.00. The fourth-order valence-electron chi connectivity index (χ4n) is 2.43. The van der Waals surface area contributed by atoms with Gasteiger partial charge in [0.05, 0.1) is 0 Å². The zero-order chi connectivity index (χ0) is 15.6. The van der Waals surface area contributed by atoms with Gasteiger partial charge in [-0.05, 0) is 44.5 Å². The Morgan fingerprint density at radius 1 is 0.952 bits per heavy atom. The molecule has 0 fully saturated rings. The molecule has 2 aromatic carbocycles. The summed E-state index contributed by atoms with van der Waals surface area (Å²) in [6.07, 6.45) is 0. The van der Waals surface area contributed by atoms with E-state index >= 15 is 0 Å². The van der Waals surface area contributed by atoms with Gasteiger partial charge in [0, 0.05) is 27.7 Å². The SMILES string of the molecule is Cc1ccc(O)c(C(C)NC(C)c2ccc(Cl)cc2Cl)c1. The number of hydrogen-bond donors (Lipinski definition) is 2. The molecule has 2 N–H and O–H groups in total. The predicted molar refractivity (Wildman–Crippen MR) is 89.3 cm³/mol. The summed E-state index contributed by atoms with van der Waals surface area (Å²) >= 11 is 12.2. The molecule has 0 aliphatic heterocycles. The van der Waals surface area contributed by atoms with Crippen LogP contribution >= 0.6 is 23.2 Å². The van der Waals surface area contributed by atoms with Gasteiger partial charge in [0.2, 0.25) is 0 Å². The molecule has 0 heterocycles. The molecule has 112 valence electrons. The van der Waals surface area contributed by atoms with Gasteiger partial charge in [-0.15, -0.1) is 0 Å². The van der Waals surface area contributed by atoms with Crippen LogP contribution in [-0.4, -0.2) is 5.11 Å². The van der Waals surface area contributed by atoms with E-state index in [0.29, 0.717) is 15.8 Å². The minimum Gasteiger partial charge on any atom is -0.508 e. The van der Waals surface area contributed by atoms with Crippen LogP contribution in [0.3, 0.4) is 0 Å². The number of rotatable bonds is 4. The summed E-state index contributed by atoms with van der Waals surface area (Å²) in [5.41, 5.74) is 2.99. The molecule has 0 bridgehead atoms. The van der Waals surface area contributed by atoms with Crippen molar-refractivity contribution in [1.29, 1.82) is 0 Å². The minimum absolute atomic E-state index is 0.00615. The van der Waals surface area contributed by atoms with E-state index in [-0.39, 0.29) is 12.1 Å². The van der Waals surface area contributed by atoms with E-state index in [2.05, 4.69) is 5.32 Å². The first kappa shape index (κ1) is 16.2. The molecular weight excluding hydrogens is 305 g/mol. The van der Waals surface area contributed by atoms with Crippen LogP contribution in [0.2, 0.25) is 10.0 Å². The third-order valence-electron chi connectivity index (χ3n) is 3.58. The molecule has 0 spiro atoms. The molecule has 0 saturated heterocycles. The van der Waals surface area contributed by atoms with Crippen molar-refractivity contribution in [3.05, 3.63) is 63.1 Å². The molecule has 0 amide bonds. The highest BCUT2D eigenvalue weighted by molar-refractivity contribution is 6.35. The van der Waals surface area contributed by atoms with E-state index in [4.69, 9.17) is 23.2 Å². The molecule has 0 aliphatic carbocycles. The summed E-state index contributed by atoms with van der Waals surface area (Å²) in [6, 6.07) is 11.2. The molecule has 2 unspecified atom stereocenters. The number of phenols is 1. The fourth-order valence-corrected chi connectivity index (χ4v) is 3.00. The number of aromatic hydroxyl groups is 1. The molecule has 2 nitrogen and oxygen atoms in total. The molecule has 2 aromatic rings. The highest BCUT2D eigenvalue weighted by Gasteiger charge is 2.16. The highest BCUT2D eigenvalue weighted by Crippen LogP contribution is 2.30. The Morgan fingerprint density at radius 3 is 2.29 bits per heavy atom. The average molecular weight is 324 g/mol. The van der Waals surface area contributed by atoms with Crippen LogP contribution < -0.4 is 5.32 Å². The second-order valence-corrected chi connectivity index (χ2v) is 6.18. The predicted octanol–water partition coefficient (Wildman–Crippen LogP) is 5.42. The van der Waals surface area contributed by atoms with Crippen molar-refractivity contribution in [2.24, 2.45) is 0 Å². The van der Waals surface area contributed by atoms with E-state index in [1.807, 2.05) is 45.0 Å². The van der Waals surface area contributed by atoms with Gasteiger partial charge in [0.25, 0.3) is 0 Å². The Labute approximate surface area is 135 Å². The Hall–Kier alpha value is -1.22. The number of aryl methyl sites for hydroxylation is 1. The van der Waals surface area contributed by atoms with Gasteiger partial charge in [-0.1, -0.05) is 47.0 Å². The van der Waals surface area contributed by atoms with Crippen molar-refractivity contribution in [2.75, 3.05) is 0 Å². The highest BCUT2D eigenvalue weighted by atomic mass is 35.5. The zero-order valence-electron chi connectivity index (χ0n) is 12.3. The van der Waals surface area contributed by atoms with Crippen molar-refractivity contribution in [3.63, 3.8) is 0 Å². The van der Waals surface area contributed by atoms with E-state index in [9.17, 15) is 5.11 Å². The third kappa shape index (κ3) is 3.91. The monoisotopic (exact) mass is 323 g/mol. The third-order valence-corrected chi connectivity index (χ3v) is 4.14. The minimum atomic E-state index is 0.00615. The second kappa shape index (κ2) is 6.69. The first-order chi connectivity index (χ1) is 9.88. The maximum absolute atomic E-state index is 10.00. The van der Waals surface area contributed by atoms with Crippen molar-refractivity contribution >= 4 is 23.2 Å². The van der Waals surface area contributed by atoms with Gasteiger partial charge < -0.3 is 10.4 Å². The van der Waals surface area contributed by atoms with Gasteiger partial charge in [-0.25, -0.2) is 0 Å². The Morgan fingerprint density at radius 2 is 1.62 bits per heavy atom. The first-order valence-electron chi connectivity index (χ1n) is 6.89. The molecule has 21 heavy (non-hydrogen) atoms. The van der Waals surface area contributed by atoms with E-state index in [1.165, 1.54) is 0 Å². The summed E-state index contributed by atoms with van der Waals surface area (Å²) in [7, 11) is 0. The van der Waals surface area contributed by atoms with Gasteiger partial charge >= 0.3 is 0 Å². The summed E-state index contributed by atoms with van der Waals surface area (Å²) in [6.45, 7) is 6.07. The number of nitrogens with one attached hydrogen (secondary N) is 1. The lowest BCUT2D eigenvalue weighted by atomic mass is 10.0. The molecule has 4 heteroatoms. The summed E-state index contributed by atoms with van der Waals surface area (Å²) in [5, 5.41) is 14.7. The molecule has 0 radical (unpaired) electrons. The van der Waals surface area contributed by atoms with Crippen molar-refractivity contribution in [3.8, 4) is 5.75 Å².